The van der Waals surface area contributed by atoms with Gasteiger partial charge in [0.15, 0.2) is 0 Å². The van der Waals surface area contributed by atoms with E-state index in [2.05, 4.69) is 107 Å². The summed E-state index contributed by atoms with van der Waals surface area (Å²) in [6.07, 6.45) is 16.0. The van der Waals surface area contributed by atoms with Gasteiger partial charge in [0.1, 0.15) is 0 Å². The number of benzene rings is 4. The number of fused-ring (bicyclic) bond motifs is 6. The van der Waals surface area contributed by atoms with E-state index in [1.54, 1.807) is 11.1 Å². The summed E-state index contributed by atoms with van der Waals surface area (Å²) in [5.74, 6) is 2.30. The minimum atomic E-state index is 0.575. The standard InChI is InChI=1S/C40H40N2/c1-2-16-32(31(15-1)27-11-9-12-27)28-13-10-14-29(25-28)41-39-22-8-5-19-35(39)36-26-30(23-24-40(36)41)42-37-20-6-3-17-33(37)34-18-4-7-21-38(34)42/h3,5-6,8,10,13-14,16-17,19-20,22-27,31,34,38H,1-2,4,7,9,11-12,15,18,21H2. The van der Waals surface area contributed by atoms with Gasteiger partial charge in [-0.25, -0.2) is 0 Å². The molecular weight excluding hydrogens is 508 g/mol. The van der Waals surface area contributed by atoms with Gasteiger partial charge in [-0.3, -0.25) is 0 Å². The highest BCUT2D eigenvalue weighted by molar-refractivity contribution is 6.10. The molecule has 0 radical (unpaired) electrons. The number of rotatable bonds is 4. The van der Waals surface area contributed by atoms with Crippen LogP contribution in [0.4, 0.5) is 11.4 Å². The van der Waals surface area contributed by atoms with Gasteiger partial charge in [0.2, 0.25) is 0 Å². The van der Waals surface area contributed by atoms with Crippen LogP contribution >= 0.6 is 0 Å². The Labute approximate surface area is 249 Å². The topological polar surface area (TPSA) is 8.17 Å². The Kier molecular flexibility index (Phi) is 5.84. The number of allylic oxidation sites excluding steroid dienone is 2. The molecule has 4 aliphatic rings. The van der Waals surface area contributed by atoms with Crippen molar-refractivity contribution in [2.75, 3.05) is 4.90 Å². The quantitative estimate of drug-likeness (QED) is 0.217. The van der Waals surface area contributed by atoms with Crippen LogP contribution in [0.15, 0.2) is 97.1 Å². The van der Waals surface area contributed by atoms with Crippen molar-refractivity contribution >= 4 is 38.8 Å². The Morgan fingerprint density at radius 1 is 0.571 bits per heavy atom. The smallest absolute Gasteiger partial charge is 0.0542 e. The van der Waals surface area contributed by atoms with Gasteiger partial charge in [-0.15, -0.1) is 0 Å². The molecule has 3 aliphatic carbocycles. The van der Waals surface area contributed by atoms with E-state index in [1.165, 1.54) is 109 Å². The second-order valence-electron chi connectivity index (χ2n) is 13.4. The Morgan fingerprint density at radius 3 is 2.33 bits per heavy atom. The number of para-hydroxylation sites is 2. The van der Waals surface area contributed by atoms with Crippen molar-refractivity contribution in [3.63, 3.8) is 0 Å². The molecule has 0 amide bonds. The van der Waals surface area contributed by atoms with Crippen LogP contribution in [-0.2, 0) is 0 Å². The molecule has 0 spiro atoms. The van der Waals surface area contributed by atoms with Crippen LogP contribution in [0, 0.1) is 11.8 Å². The number of aromatic nitrogens is 1. The van der Waals surface area contributed by atoms with E-state index < -0.39 is 0 Å². The molecule has 3 unspecified atom stereocenters. The Morgan fingerprint density at radius 2 is 1.40 bits per heavy atom. The largest absolute Gasteiger partial charge is 0.337 e. The fraction of sp³-hybridized carbons (Fsp3) is 0.350. The first kappa shape index (κ1) is 24.8. The van der Waals surface area contributed by atoms with Crippen LogP contribution in [0.2, 0.25) is 0 Å². The highest BCUT2D eigenvalue weighted by Crippen LogP contribution is 2.51. The molecule has 9 rings (SSSR count). The van der Waals surface area contributed by atoms with E-state index in [9.17, 15) is 0 Å². The third kappa shape index (κ3) is 3.77. The fourth-order valence-corrected chi connectivity index (χ4v) is 9.09. The molecule has 2 heterocycles. The molecule has 3 atom stereocenters. The van der Waals surface area contributed by atoms with E-state index in [4.69, 9.17) is 0 Å². The zero-order valence-electron chi connectivity index (χ0n) is 24.5. The third-order valence-corrected chi connectivity index (χ3v) is 11.2. The summed E-state index contributed by atoms with van der Waals surface area (Å²) in [6.45, 7) is 0. The summed E-state index contributed by atoms with van der Waals surface area (Å²) in [6, 6.07) is 35.5. The molecule has 42 heavy (non-hydrogen) atoms. The Bertz CT molecular complexity index is 1840. The minimum absolute atomic E-state index is 0.575. The summed E-state index contributed by atoms with van der Waals surface area (Å²) in [5.41, 5.74) is 11.3. The predicted molar refractivity (Wildman–Crippen MR) is 177 cm³/mol. The summed E-state index contributed by atoms with van der Waals surface area (Å²) >= 11 is 0. The molecule has 5 aromatic rings. The molecule has 1 aliphatic heterocycles. The molecule has 210 valence electrons. The van der Waals surface area contributed by atoms with E-state index in [0.717, 1.165) is 11.8 Å². The number of anilines is 2. The minimum Gasteiger partial charge on any atom is -0.337 e. The lowest BCUT2D eigenvalue weighted by atomic mass is 9.68. The Hall–Kier alpha value is -3.78. The molecular formula is C40H40N2. The second kappa shape index (κ2) is 9.90. The first-order valence-corrected chi connectivity index (χ1v) is 16.6. The number of hydrogen-bond donors (Lipinski definition) is 0. The lowest BCUT2D eigenvalue weighted by Gasteiger charge is -2.37. The monoisotopic (exact) mass is 548 g/mol. The van der Waals surface area contributed by atoms with Gasteiger partial charge < -0.3 is 9.47 Å². The fourth-order valence-electron chi connectivity index (χ4n) is 9.09. The molecule has 2 fully saturated rings. The summed E-state index contributed by atoms with van der Waals surface area (Å²) in [4.78, 5) is 2.68. The normalized spacial score (nSPS) is 24.0. The zero-order chi connectivity index (χ0) is 27.6. The average molecular weight is 549 g/mol. The van der Waals surface area contributed by atoms with Crippen molar-refractivity contribution in [2.24, 2.45) is 11.8 Å². The predicted octanol–water partition coefficient (Wildman–Crippen LogP) is 10.9. The van der Waals surface area contributed by atoms with Crippen LogP contribution in [0.25, 0.3) is 33.1 Å². The molecule has 2 saturated carbocycles. The molecule has 1 aromatic heterocycles. The van der Waals surface area contributed by atoms with Crippen molar-refractivity contribution < 1.29 is 0 Å². The van der Waals surface area contributed by atoms with Gasteiger partial charge >= 0.3 is 0 Å². The molecule has 4 aromatic carbocycles. The van der Waals surface area contributed by atoms with Crippen molar-refractivity contribution in [1.82, 2.24) is 4.57 Å². The van der Waals surface area contributed by atoms with Gasteiger partial charge in [-0.2, -0.15) is 0 Å². The van der Waals surface area contributed by atoms with Crippen LogP contribution < -0.4 is 4.90 Å². The van der Waals surface area contributed by atoms with Crippen molar-refractivity contribution in [1.29, 1.82) is 0 Å². The lowest BCUT2D eigenvalue weighted by Crippen LogP contribution is -2.32. The van der Waals surface area contributed by atoms with Gasteiger partial charge in [-0.1, -0.05) is 73.9 Å². The van der Waals surface area contributed by atoms with Crippen molar-refractivity contribution in [3.8, 4) is 5.69 Å². The second-order valence-corrected chi connectivity index (χ2v) is 13.4. The van der Waals surface area contributed by atoms with E-state index in [0.29, 0.717) is 12.0 Å². The Balaban J connectivity index is 1.18. The van der Waals surface area contributed by atoms with Crippen LogP contribution in [0.5, 0.6) is 0 Å². The number of nitrogens with zero attached hydrogens (tertiary/aromatic N) is 2. The van der Waals surface area contributed by atoms with E-state index in [-0.39, 0.29) is 0 Å². The SMILES string of the molecule is C1=C(c2cccc(-n3c4ccccc4c4cc(N5c6ccccc6C6CCCCC65)ccc43)c2)C(C2CCC2)CCC1. The van der Waals surface area contributed by atoms with E-state index >= 15 is 0 Å². The molecule has 0 saturated heterocycles. The molecule has 0 bridgehead atoms. The average Bonchev–Trinajstić information content (AvgIpc) is 3.53. The van der Waals surface area contributed by atoms with Crippen molar-refractivity contribution in [2.45, 2.75) is 76.2 Å². The third-order valence-electron chi connectivity index (χ3n) is 11.2. The maximum Gasteiger partial charge on any atom is 0.0542 e. The highest BCUT2D eigenvalue weighted by atomic mass is 15.2. The first-order chi connectivity index (χ1) is 20.8. The van der Waals surface area contributed by atoms with Crippen molar-refractivity contribution in [3.05, 3.63) is 108 Å². The summed E-state index contributed by atoms with van der Waals surface area (Å²) < 4.78 is 2.51. The molecule has 0 N–H and O–H groups in total. The van der Waals surface area contributed by atoms with Crippen LogP contribution in [0.1, 0.15) is 81.3 Å². The van der Waals surface area contributed by atoms with Crippen LogP contribution in [-0.4, -0.2) is 10.6 Å². The lowest BCUT2D eigenvalue weighted by molar-refractivity contribution is 0.233. The summed E-state index contributed by atoms with van der Waals surface area (Å²) in [5, 5.41) is 2.70. The first-order valence-electron chi connectivity index (χ1n) is 16.6. The molecule has 2 heteroatoms. The zero-order valence-corrected chi connectivity index (χ0v) is 24.5. The van der Waals surface area contributed by atoms with Gasteiger partial charge in [0, 0.05) is 39.8 Å². The maximum atomic E-state index is 2.68. The number of hydrogen-bond acceptors (Lipinski definition) is 1. The maximum absolute atomic E-state index is 2.68. The van der Waals surface area contributed by atoms with E-state index in [1.807, 2.05) is 0 Å². The summed E-state index contributed by atoms with van der Waals surface area (Å²) in [7, 11) is 0. The van der Waals surface area contributed by atoms with Gasteiger partial charge in [0.25, 0.3) is 0 Å². The van der Waals surface area contributed by atoms with Gasteiger partial charge in [0.05, 0.1) is 11.0 Å². The molecule has 2 nitrogen and oxygen atoms in total. The van der Waals surface area contributed by atoms with Crippen LogP contribution in [0.3, 0.4) is 0 Å². The van der Waals surface area contributed by atoms with Gasteiger partial charge in [-0.05, 0) is 116 Å². The highest BCUT2D eigenvalue weighted by Gasteiger charge is 2.40.